The van der Waals surface area contributed by atoms with E-state index in [-0.39, 0.29) is 5.97 Å². The first-order valence-electron chi connectivity index (χ1n) is 6.46. The standard InChI is InChI=1S/C15H22O3/c1-15(2,3)18-14(17)10-5-4-7-12-8-6-9-13(16)11-12/h4-5,7,10,12H,6,8-9,11H2,1-3H3/b7-4-,10-5+. The van der Waals surface area contributed by atoms with Gasteiger partial charge in [-0.3, -0.25) is 4.79 Å². The second-order valence-corrected chi connectivity index (χ2v) is 5.67. The molecular weight excluding hydrogens is 228 g/mol. The highest BCUT2D eigenvalue weighted by atomic mass is 16.6. The molecule has 1 saturated carbocycles. The Balaban J connectivity index is 2.35. The fourth-order valence-corrected chi connectivity index (χ4v) is 1.91. The number of carbonyl (C=O) groups excluding carboxylic acids is 2. The molecular formula is C15H22O3. The molecule has 1 unspecified atom stereocenters. The van der Waals surface area contributed by atoms with Crippen LogP contribution in [0.2, 0.25) is 0 Å². The lowest BCUT2D eigenvalue weighted by Gasteiger charge is -2.18. The minimum atomic E-state index is -0.457. The van der Waals surface area contributed by atoms with Gasteiger partial charge in [0.25, 0.3) is 0 Å². The second kappa shape index (κ2) is 6.53. The van der Waals surface area contributed by atoms with Crippen LogP contribution in [0.1, 0.15) is 46.5 Å². The van der Waals surface area contributed by atoms with Crippen LogP contribution in [0.25, 0.3) is 0 Å². The molecule has 1 rings (SSSR count). The molecule has 0 N–H and O–H groups in total. The number of hydrogen-bond donors (Lipinski definition) is 0. The van der Waals surface area contributed by atoms with E-state index < -0.39 is 5.60 Å². The van der Waals surface area contributed by atoms with Crippen molar-refractivity contribution in [1.29, 1.82) is 0 Å². The quantitative estimate of drug-likeness (QED) is 0.439. The zero-order chi connectivity index (χ0) is 13.6. The molecule has 0 amide bonds. The third-order valence-electron chi connectivity index (χ3n) is 2.65. The van der Waals surface area contributed by atoms with Gasteiger partial charge in [-0.05, 0) is 39.5 Å². The first-order valence-corrected chi connectivity index (χ1v) is 6.46. The monoisotopic (exact) mass is 250 g/mol. The third kappa shape index (κ3) is 6.38. The van der Waals surface area contributed by atoms with Crippen LogP contribution in [0.5, 0.6) is 0 Å². The van der Waals surface area contributed by atoms with Crippen molar-refractivity contribution in [2.45, 2.75) is 52.1 Å². The second-order valence-electron chi connectivity index (χ2n) is 5.67. The summed E-state index contributed by atoms with van der Waals surface area (Å²) in [5.41, 5.74) is -0.457. The number of ketones is 1. The highest BCUT2D eigenvalue weighted by Crippen LogP contribution is 2.22. The molecule has 18 heavy (non-hydrogen) atoms. The van der Waals surface area contributed by atoms with Crippen molar-refractivity contribution in [1.82, 2.24) is 0 Å². The number of allylic oxidation sites excluding steroid dienone is 3. The Morgan fingerprint density at radius 2 is 2.06 bits per heavy atom. The molecule has 0 radical (unpaired) electrons. The van der Waals surface area contributed by atoms with Gasteiger partial charge in [-0.1, -0.05) is 18.2 Å². The Kier molecular flexibility index (Phi) is 5.32. The highest BCUT2D eigenvalue weighted by molar-refractivity contribution is 5.82. The normalized spacial score (nSPS) is 21.7. The van der Waals surface area contributed by atoms with Gasteiger partial charge in [0.1, 0.15) is 11.4 Å². The summed E-state index contributed by atoms with van der Waals surface area (Å²) < 4.78 is 5.13. The van der Waals surface area contributed by atoms with E-state index in [9.17, 15) is 9.59 Å². The van der Waals surface area contributed by atoms with E-state index in [4.69, 9.17) is 4.74 Å². The predicted molar refractivity (Wildman–Crippen MR) is 71.1 cm³/mol. The number of ether oxygens (including phenoxy) is 1. The zero-order valence-corrected chi connectivity index (χ0v) is 11.4. The van der Waals surface area contributed by atoms with Gasteiger partial charge in [-0.25, -0.2) is 4.79 Å². The zero-order valence-electron chi connectivity index (χ0n) is 11.4. The van der Waals surface area contributed by atoms with Crippen LogP contribution in [0.3, 0.4) is 0 Å². The molecule has 1 fully saturated rings. The predicted octanol–water partition coefficient (Wildman–Crippen LogP) is 3.20. The Morgan fingerprint density at radius 3 is 2.67 bits per heavy atom. The van der Waals surface area contributed by atoms with Crippen LogP contribution in [-0.4, -0.2) is 17.4 Å². The number of carbonyl (C=O) groups is 2. The van der Waals surface area contributed by atoms with Crippen molar-refractivity contribution in [3.8, 4) is 0 Å². The lowest BCUT2D eigenvalue weighted by Crippen LogP contribution is -2.22. The summed E-state index contributed by atoms with van der Waals surface area (Å²) in [6.07, 6.45) is 10.3. The molecule has 1 aliphatic carbocycles. The van der Waals surface area contributed by atoms with Crippen LogP contribution in [-0.2, 0) is 14.3 Å². The molecule has 0 aliphatic heterocycles. The number of hydrogen-bond acceptors (Lipinski definition) is 3. The molecule has 0 aromatic rings. The van der Waals surface area contributed by atoms with Crippen molar-refractivity contribution in [3.63, 3.8) is 0 Å². The van der Waals surface area contributed by atoms with E-state index in [1.807, 2.05) is 32.9 Å². The van der Waals surface area contributed by atoms with E-state index in [1.54, 1.807) is 6.08 Å². The van der Waals surface area contributed by atoms with E-state index >= 15 is 0 Å². The SMILES string of the molecule is CC(C)(C)OC(=O)/C=C/C=C\C1CCCC(=O)C1. The van der Waals surface area contributed by atoms with Crippen molar-refractivity contribution in [2.24, 2.45) is 5.92 Å². The van der Waals surface area contributed by atoms with E-state index in [0.29, 0.717) is 18.1 Å². The molecule has 0 spiro atoms. The average molecular weight is 250 g/mol. The molecule has 100 valence electrons. The summed E-state index contributed by atoms with van der Waals surface area (Å²) in [5, 5.41) is 0. The van der Waals surface area contributed by atoms with Gasteiger partial charge in [0.2, 0.25) is 0 Å². The molecule has 1 aliphatic rings. The third-order valence-corrected chi connectivity index (χ3v) is 2.65. The summed E-state index contributed by atoms with van der Waals surface area (Å²) >= 11 is 0. The van der Waals surface area contributed by atoms with E-state index in [2.05, 4.69) is 0 Å². The van der Waals surface area contributed by atoms with Gasteiger partial charge >= 0.3 is 5.97 Å². The Bertz CT molecular complexity index is 358. The van der Waals surface area contributed by atoms with Gasteiger partial charge in [0.05, 0.1) is 0 Å². The highest BCUT2D eigenvalue weighted by Gasteiger charge is 2.16. The van der Waals surface area contributed by atoms with Crippen LogP contribution in [0, 0.1) is 5.92 Å². The van der Waals surface area contributed by atoms with Crippen molar-refractivity contribution >= 4 is 11.8 Å². The Hall–Kier alpha value is -1.38. The molecule has 3 nitrogen and oxygen atoms in total. The largest absolute Gasteiger partial charge is 0.457 e. The first kappa shape index (κ1) is 14.7. The fraction of sp³-hybridized carbons (Fsp3) is 0.600. The summed E-state index contributed by atoms with van der Waals surface area (Å²) in [6, 6.07) is 0. The molecule has 3 heteroatoms. The molecule has 0 aromatic carbocycles. The number of esters is 1. The van der Waals surface area contributed by atoms with Crippen LogP contribution >= 0.6 is 0 Å². The van der Waals surface area contributed by atoms with Gasteiger partial charge in [0, 0.05) is 18.9 Å². The van der Waals surface area contributed by atoms with Gasteiger partial charge in [0.15, 0.2) is 0 Å². The van der Waals surface area contributed by atoms with Crippen molar-refractivity contribution in [3.05, 3.63) is 24.3 Å². The van der Waals surface area contributed by atoms with Crippen molar-refractivity contribution in [2.75, 3.05) is 0 Å². The Morgan fingerprint density at radius 1 is 1.33 bits per heavy atom. The summed E-state index contributed by atoms with van der Waals surface area (Å²) in [7, 11) is 0. The molecule has 0 aromatic heterocycles. The average Bonchev–Trinajstić information content (AvgIpc) is 2.22. The lowest BCUT2D eigenvalue weighted by atomic mass is 9.88. The van der Waals surface area contributed by atoms with Crippen LogP contribution < -0.4 is 0 Å². The molecule has 1 atom stereocenters. The summed E-state index contributed by atoms with van der Waals surface area (Å²) in [5.74, 6) is 0.327. The molecule has 0 saturated heterocycles. The van der Waals surface area contributed by atoms with Gasteiger partial charge in [-0.2, -0.15) is 0 Å². The summed E-state index contributed by atoms with van der Waals surface area (Å²) in [4.78, 5) is 22.6. The maximum absolute atomic E-state index is 11.4. The maximum atomic E-state index is 11.4. The van der Waals surface area contributed by atoms with Gasteiger partial charge in [-0.15, -0.1) is 0 Å². The molecule has 0 heterocycles. The Labute approximate surface area is 109 Å². The van der Waals surface area contributed by atoms with E-state index in [0.717, 1.165) is 19.3 Å². The first-order chi connectivity index (χ1) is 8.37. The fourth-order valence-electron chi connectivity index (χ4n) is 1.91. The van der Waals surface area contributed by atoms with Crippen LogP contribution in [0.15, 0.2) is 24.3 Å². The lowest BCUT2D eigenvalue weighted by molar-refractivity contribution is -0.148. The van der Waals surface area contributed by atoms with E-state index in [1.165, 1.54) is 6.08 Å². The maximum Gasteiger partial charge on any atom is 0.331 e. The molecule has 0 bridgehead atoms. The minimum absolute atomic E-state index is 0.328. The smallest absolute Gasteiger partial charge is 0.331 e. The summed E-state index contributed by atoms with van der Waals surface area (Å²) in [6.45, 7) is 5.51. The topological polar surface area (TPSA) is 43.4 Å². The number of rotatable bonds is 3. The van der Waals surface area contributed by atoms with Crippen molar-refractivity contribution < 1.29 is 14.3 Å². The minimum Gasteiger partial charge on any atom is -0.457 e. The van der Waals surface area contributed by atoms with Crippen LogP contribution in [0.4, 0.5) is 0 Å². The van der Waals surface area contributed by atoms with Gasteiger partial charge < -0.3 is 4.74 Å². The number of Topliss-reactive ketones (excluding diaryl/α,β-unsaturated/α-hetero) is 1.